The number of hydrogen-bond donors (Lipinski definition) is 1. The number of aryl methyl sites for hydroxylation is 1. The molecule has 0 saturated heterocycles. The average molecular weight is 287 g/mol. The Kier molecular flexibility index (Phi) is 2.97. The third kappa shape index (κ3) is 1.92. The van der Waals surface area contributed by atoms with Crippen LogP contribution in [0.2, 0.25) is 0 Å². The van der Waals surface area contributed by atoms with Crippen LogP contribution < -0.4 is 0 Å². The minimum atomic E-state index is 0.335. The van der Waals surface area contributed by atoms with E-state index in [0.29, 0.717) is 5.75 Å². The lowest BCUT2D eigenvalue weighted by molar-refractivity contribution is 0.481. The first-order valence-electron chi connectivity index (χ1n) is 7.60. The zero-order valence-corrected chi connectivity index (χ0v) is 12.5. The minimum Gasteiger partial charge on any atom is -0.507 e. The number of nitrogens with zero attached hydrogens (tertiary/aromatic N) is 1. The Morgan fingerprint density at radius 2 is 1.68 bits per heavy atom. The van der Waals surface area contributed by atoms with E-state index in [-0.39, 0.29) is 0 Å². The molecule has 1 N–H and O–H groups in total. The highest BCUT2D eigenvalue weighted by Crippen LogP contribution is 2.33. The van der Waals surface area contributed by atoms with E-state index < -0.39 is 0 Å². The van der Waals surface area contributed by atoms with Gasteiger partial charge in [0.25, 0.3) is 0 Å². The van der Waals surface area contributed by atoms with Crippen LogP contribution in [0.1, 0.15) is 22.3 Å². The molecule has 0 atom stereocenters. The van der Waals surface area contributed by atoms with Gasteiger partial charge < -0.3 is 5.11 Å². The Hall–Kier alpha value is -2.61. The van der Waals surface area contributed by atoms with Crippen molar-refractivity contribution in [3.63, 3.8) is 0 Å². The predicted molar refractivity (Wildman–Crippen MR) is 91.0 cm³/mol. The van der Waals surface area contributed by atoms with Gasteiger partial charge in [-0.2, -0.15) is 0 Å². The van der Waals surface area contributed by atoms with Gasteiger partial charge in [0.15, 0.2) is 0 Å². The molecule has 0 aliphatic carbocycles. The maximum atomic E-state index is 10.2. The van der Waals surface area contributed by atoms with Gasteiger partial charge in [0.1, 0.15) is 5.75 Å². The number of rotatable bonds is 1. The van der Waals surface area contributed by atoms with Gasteiger partial charge in [0.05, 0.1) is 5.71 Å². The Morgan fingerprint density at radius 1 is 0.955 bits per heavy atom. The second-order valence-corrected chi connectivity index (χ2v) is 5.77. The number of phenolic OH excluding ortho intramolecular Hbond substituents is 1. The molecule has 0 radical (unpaired) electrons. The fraction of sp³-hybridized carbons (Fsp3) is 0.150. The summed E-state index contributed by atoms with van der Waals surface area (Å²) in [6, 6.07) is 18.3. The lowest BCUT2D eigenvalue weighted by Gasteiger charge is -2.20. The molecule has 3 aromatic carbocycles. The van der Waals surface area contributed by atoms with Crippen LogP contribution in [0.4, 0.5) is 0 Å². The normalized spacial score (nSPS) is 13.8. The monoisotopic (exact) mass is 287 g/mol. The second-order valence-electron chi connectivity index (χ2n) is 5.77. The van der Waals surface area contributed by atoms with Crippen molar-refractivity contribution in [2.75, 3.05) is 6.54 Å². The fourth-order valence-corrected chi connectivity index (χ4v) is 3.36. The maximum absolute atomic E-state index is 10.2. The minimum absolute atomic E-state index is 0.335. The van der Waals surface area contributed by atoms with E-state index in [0.717, 1.165) is 40.6 Å². The van der Waals surface area contributed by atoms with Gasteiger partial charge in [-0.05, 0) is 35.9 Å². The highest BCUT2D eigenvalue weighted by atomic mass is 16.3. The van der Waals surface area contributed by atoms with E-state index in [2.05, 4.69) is 30.3 Å². The second kappa shape index (κ2) is 4.99. The summed E-state index contributed by atoms with van der Waals surface area (Å²) in [4.78, 5) is 4.82. The van der Waals surface area contributed by atoms with Crippen LogP contribution in [0.3, 0.4) is 0 Å². The van der Waals surface area contributed by atoms with E-state index in [9.17, 15) is 5.11 Å². The Morgan fingerprint density at radius 3 is 2.55 bits per heavy atom. The molecule has 108 valence electrons. The van der Waals surface area contributed by atoms with Gasteiger partial charge in [-0.3, -0.25) is 4.99 Å². The van der Waals surface area contributed by atoms with Crippen molar-refractivity contribution in [2.45, 2.75) is 13.3 Å². The lowest BCUT2D eigenvalue weighted by Crippen LogP contribution is -2.15. The topological polar surface area (TPSA) is 32.6 Å². The van der Waals surface area contributed by atoms with Gasteiger partial charge in [0, 0.05) is 23.1 Å². The third-order valence-corrected chi connectivity index (χ3v) is 4.38. The Bertz CT molecular complexity index is 909. The number of aromatic hydroxyl groups is 1. The zero-order chi connectivity index (χ0) is 15.1. The molecule has 0 unspecified atom stereocenters. The molecule has 0 saturated carbocycles. The van der Waals surface area contributed by atoms with E-state index in [1.54, 1.807) is 0 Å². The van der Waals surface area contributed by atoms with Crippen LogP contribution in [0.15, 0.2) is 59.6 Å². The molecule has 0 fully saturated rings. The average Bonchev–Trinajstić information content (AvgIpc) is 2.55. The van der Waals surface area contributed by atoms with E-state index in [4.69, 9.17) is 4.99 Å². The van der Waals surface area contributed by atoms with Crippen LogP contribution >= 0.6 is 0 Å². The lowest BCUT2D eigenvalue weighted by atomic mass is 9.88. The van der Waals surface area contributed by atoms with Crippen LogP contribution in [0.5, 0.6) is 5.75 Å². The van der Waals surface area contributed by atoms with Gasteiger partial charge in [0.2, 0.25) is 0 Å². The first-order valence-corrected chi connectivity index (χ1v) is 7.60. The molecule has 1 aliphatic rings. The van der Waals surface area contributed by atoms with Crippen molar-refractivity contribution in [1.82, 2.24) is 0 Å². The zero-order valence-electron chi connectivity index (χ0n) is 12.5. The van der Waals surface area contributed by atoms with E-state index in [1.165, 1.54) is 11.1 Å². The molecule has 0 aromatic heterocycles. The fourth-order valence-electron chi connectivity index (χ4n) is 3.36. The number of hydrogen-bond acceptors (Lipinski definition) is 2. The van der Waals surface area contributed by atoms with Crippen molar-refractivity contribution < 1.29 is 5.11 Å². The van der Waals surface area contributed by atoms with E-state index >= 15 is 0 Å². The van der Waals surface area contributed by atoms with Gasteiger partial charge in [-0.25, -0.2) is 0 Å². The third-order valence-electron chi connectivity index (χ3n) is 4.38. The molecule has 4 rings (SSSR count). The summed E-state index contributed by atoms with van der Waals surface area (Å²) < 4.78 is 0. The highest BCUT2D eigenvalue weighted by Gasteiger charge is 2.20. The Balaban J connectivity index is 2.05. The summed E-state index contributed by atoms with van der Waals surface area (Å²) in [5.41, 5.74) is 5.82. The van der Waals surface area contributed by atoms with E-state index in [1.807, 2.05) is 31.2 Å². The smallest absolute Gasteiger partial charge is 0.123 e. The van der Waals surface area contributed by atoms with Crippen molar-refractivity contribution in [3.05, 3.63) is 76.9 Å². The van der Waals surface area contributed by atoms with Crippen LogP contribution in [-0.2, 0) is 6.42 Å². The first kappa shape index (κ1) is 13.1. The largest absolute Gasteiger partial charge is 0.507 e. The summed E-state index contributed by atoms with van der Waals surface area (Å²) in [5.74, 6) is 0.335. The summed E-state index contributed by atoms with van der Waals surface area (Å²) in [6.07, 6.45) is 0.995. The molecule has 1 heterocycles. The summed E-state index contributed by atoms with van der Waals surface area (Å²) in [7, 11) is 0. The van der Waals surface area contributed by atoms with Crippen molar-refractivity contribution in [2.24, 2.45) is 4.99 Å². The Labute approximate surface area is 129 Å². The maximum Gasteiger partial charge on any atom is 0.123 e. The van der Waals surface area contributed by atoms with Crippen molar-refractivity contribution >= 4 is 16.5 Å². The van der Waals surface area contributed by atoms with Crippen LogP contribution in [0.25, 0.3) is 10.8 Å². The molecule has 3 aromatic rings. The van der Waals surface area contributed by atoms with Crippen molar-refractivity contribution in [1.29, 1.82) is 0 Å². The SMILES string of the molecule is Cc1cc(O)c2ccccc2c1C1=NCCc2ccccc21. The first-order chi connectivity index (χ1) is 10.8. The molecule has 22 heavy (non-hydrogen) atoms. The number of benzene rings is 3. The number of phenols is 1. The molecule has 2 nitrogen and oxygen atoms in total. The molecule has 0 bridgehead atoms. The summed E-state index contributed by atoms with van der Waals surface area (Å²) in [6.45, 7) is 2.86. The molecule has 2 heteroatoms. The molecule has 0 amide bonds. The standard InChI is InChI=1S/C20H17NO/c1-13-12-18(22)16-8-4-5-9-17(16)19(13)20-15-7-3-2-6-14(15)10-11-21-20/h2-9,12,22H,10-11H2,1H3. The van der Waals surface area contributed by atoms with Gasteiger partial charge >= 0.3 is 0 Å². The number of aliphatic imine (C=N–C) groups is 1. The van der Waals surface area contributed by atoms with Gasteiger partial charge in [-0.15, -0.1) is 0 Å². The summed E-state index contributed by atoms with van der Waals surface area (Å²) >= 11 is 0. The molecular weight excluding hydrogens is 270 g/mol. The predicted octanol–water partition coefficient (Wildman–Crippen LogP) is 4.25. The van der Waals surface area contributed by atoms with Crippen LogP contribution in [-0.4, -0.2) is 17.4 Å². The van der Waals surface area contributed by atoms with Gasteiger partial charge in [-0.1, -0.05) is 48.5 Å². The highest BCUT2D eigenvalue weighted by molar-refractivity contribution is 6.21. The quantitative estimate of drug-likeness (QED) is 0.713. The molecule has 0 spiro atoms. The molecule has 1 aliphatic heterocycles. The molecular formula is C20H17NO. The summed E-state index contributed by atoms with van der Waals surface area (Å²) in [5, 5.41) is 12.2. The van der Waals surface area contributed by atoms with Crippen LogP contribution in [0, 0.1) is 6.92 Å². The number of fused-ring (bicyclic) bond motifs is 2. The van der Waals surface area contributed by atoms with Crippen molar-refractivity contribution in [3.8, 4) is 5.75 Å².